The van der Waals surface area contributed by atoms with Crippen LogP contribution in [0.4, 0.5) is 0 Å². The molecule has 90 valence electrons. The maximum absolute atomic E-state index is 2.38. The van der Waals surface area contributed by atoms with Crippen LogP contribution in [0.15, 0.2) is 0 Å². The molecule has 0 saturated heterocycles. The fourth-order valence-corrected chi connectivity index (χ4v) is 3.30. The van der Waals surface area contributed by atoms with Crippen LogP contribution < -0.4 is 0 Å². The minimum absolute atomic E-state index is 0.894. The first-order chi connectivity index (χ1) is 7.22. The van der Waals surface area contributed by atoms with E-state index in [9.17, 15) is 0 Å². The van der Waals surface area contributed by atoms with Crippen molar-refractivity contribution in [3.63, 3.8) is 0 Å². The first-order valence-electron chi connectivity index (χ1n) is 7.22. The molecule has 0 aliphatic heterocycles. The molecule has 1 atom stereocenters. The Balaban J connectivity index is 2.28. The summed E-state index contributed by atoms with van der Waals surface area (Å²) in [5, 5.41) is 0. The van der Waals surface area contributed by atoms with E-state index in [1.807, 2.05) is 0 Å². The van der Waals surface area contributed by atoms with Gasteiger partial charge in [-0.15, -0.1) is 0 Å². The molecule has 1 saturated carbocycles. The highest BCUT2D eigenvalue weighted by Crippen LogP contribution is 2.32. The molecule has 1 fully saturated rings. The van der Waals surface area contributed by atoms with Gasteiger partial charge in [0.2, 0.25) is 0 Å². The molecule has 0 heterocycles. The lowest BCUT2D eigenvalue weighted by molar-refractivity contribution is 0.253. The third-order valence-corrected chi connectivity index (χ3v) is 3.89. The number of rotatable bonds is 6. The molecule has 0 aromatic carbocycles. The summed E-state index contributed by atoms with van der Waals surface area (Å²) in [6.07, 6.45) is 13.4. The minimum Gasteiger partial charge on any atom is -0.0654 e. The zero-order valence-corrected chi connectivity index (χ0v) is 11.1. The van der Waals surface area contributed by atoms with Crippen LogP contribution in [0.5, 0.6) is 0 Å². The van der Waals surface area contributed by atoms with Crippen LogP contribution in [-0.4, -0.2) is 0 Å². The topological polar surface area (TPSA) is 0 Å². The highest BCUT2D eigenvalue weighted by atomic mass is 14.2. The molecule has 0 bridgehead atoms. The van der Waals surface area contributed by atoms with Crippen molar-refractivity contribution >= 4 is 0 Å². The van der Waals surface area contributed by atoms with Crippen LogP contribution >= 0.6 is 0 Å². The Bertz CT molecular complexity index is 142. The van der Waals surface area contributed by atoms with Gasteiger partial charge in [-0.05, 0) is 30.6 Å². The average Bonchev–Trinajstić information content (AvgIpc) is 2.18. The standard InChI is InChI=1S/C15H30/c1-4-8-15(11-13(2)3)12-14-9-6-5-7-10-14/h13-15H,4-12H2,1-3H3. The van der Waals surface area contributed by atoms with E-state index >= 15 is 0 Å². The molecule has 1 aliphatic carbocycles. The molecule has 0 spiro atoms. The lowest BCUT2D eigenvalue weighted by Crippen LogP contribution is -2.14. The summed E-state index contributed by atoms with van der Waals surface area (Å²) >= 11 is 0. The molecular weight excluding hydrogens is 180 g/mol. The molecule has 0 amide bonds. The van der Waals surface area contributed by atoms with Crippen molar-refractivity contribution in [1.82, 2.24) is 0 Å². The number of hydrogen-bond acceptors (Lipinski definition) is 0. The summed E-state index contributed by atoms with van der Waals surface area (Å²) in [5.41, 5.74) is 0. The second-order valence-electron chi connectivity index (χ2n) is 6.02. The quantitative estimate of drug-likeness (QED) is 0.549. The van der Waals surface area contributed by atoms with E-state index < -0.39 is 0 Å². The number of hydrogen-bond donors (Lipinski definition) is 0. The van der Waals surface area contributed by atoms with Gasteiger partial charge in [0, 0.05) is 0 Å². The Morgan fingerprint density at radius 2 is 1.73 bits per heavy atom. The van der Waals surface area contributed by atoms with E-state index in [1.54, 1.807) is 0 Å². The molecular formula is C15H30. The lowest BCUT2D eigenvalue weighted by Gasteiger charge is -2.27. The molecule has 0 aromatic rings. The van der Waals surface area contributed by atoms with Crippen molar-refractivity contribution in [3.05, 3.63) is 0 Å². The highest BCUT2D eigenvalue weighted by Gasteiger charge is 2.19. The highest BCUT2D eigenvalue weighted by molar-refractivity contribution is 4.71. The summed E-state index contributed by atoms with van der Waals surface area (Å²) in [7, 11) is 0. The Labute approximate surface area is 96.8 Å². The van der Waals surface area contributed by atoms with Crippen LogP contribution in [0, 0.1) is 17.8 Å². The van der Waals surface area contributed by atoms with Gasteiger partial charge >= 0.3 is 0 Å². The third kappa shape index (κ3) is 5.58. The summed E-state index contributed by atoms with van der Waals surface area (Å²) in [4.78, 5) is 0. The second-order valence-corrected chi connectivity index (χ2v) is 6.02. The van der Waals surface area contributed by atoms with Crippen molar-refractivity contribution in [2.45, 2.75) is 78.6 Å². The van der Waals surface area contributed by atoms with E-state index in [1.165, 1.54) is 57.8 Å². The van der Waals surface area contributed by atoms with Crippen LogP contribution in [0.25, 0.3) is 0 Å². The Hall–Kier alpha value is 0. The SMILES string of the molecule is CCCC(CC(C)C)CC1CCCCC1. The van der Waals surface area contributed by atoms with Gasteiger partial charge in [-0.1, -0.05) is 65.7 Å². The predicted octanol–water partition coefficient (Wildman–Crippen LogP) is 5.42. The van der Waals surface area contributed by atoms with Crippen LogP contribution in [-0.2, 0) is 0 Å². The Morgan fingerprint density at radius 3 is 2.27 bits per heavy atom. The summed E-state index contributed by atoms with van der Waals surface area (Å²) < 4.78 is 0. The summed E-state index contributed by atoms with van der Waals surface area (Å²) in [6, 6.07) is 0. The van der Waals surface area contributed by atoms with Gasteiger partial charge < -0.3 is 0 Å². The lowest BCUT2D eigenvalue weighted by atomic mass is 9.79. The third-order valence-electron chi connectivity index (χ3n) is 3.89. The van der Waals surface area contributed by atoms with Crippen molar-refractivity contribution in [2.75, 3.05) is 0 Å². The van der Waals surface area contributed by atoms with E-state index in [0.29, 0.717) is 0 Å². The van der Waals surface area contributed by atoms with E-state index in [-0.39, 0.29) is 0 Å². The minimum atomic E-state index is 0.894. The van der Waals surface area contributed by atoms with Crippen LogP contribution in [0.1, 0.15) is 78.6 Å². The van der Waals surface area contributed by atoms with Gasteiger partial charge in [0.1, 0.15) is 0 Å². The molecule has 0 heteroatoms. The average molecular weight is 210 g/mol. The monoisotopic (exact) mass is 210 g/mol. The Kier molecular flexibility index (Phi) is 6.36. The van der Waals surface area contributed by atoms with Crippen molar-refractivity contribution in [1.29, 1.82) is 0 Å². The maximum atomic E-state index is 2.38. The second kappa shape index (κ2) is 7.30. The van der Waals surface area contributed by atoms with Crippen LogP contribution in [0.2, 0.25) is 0 Å². The first kappa shape index (κ1) is 13.1. The molecule has 1 unspecified atom stereocenters. The van der Waals surface area contributed by atoms with E-state index in [4.69, 9.17) is 0 Å². The predicted molar refractivity (Wildman–Crippen MR) is 69.0 cm³/mol. The molecule has 15 heavy (non-hydrogen) atoms. The summed E-state index contributed by atoms with van der Waals surface area (Å²) in [5.74, 6) is 3.00. The largest absolute Gasteiger partial charge is 0.0654 e. The molecule has 1 aliphatic rings. The van der Waals surface area contributed by atoms with Gasteiger partial charge in [-0.3, -0.25) is 0 Å². The van der Waals surface area contributed by atoms with Crippen molar-refractivity contribution in [3.8, 4) is 0 Å². The van der Waals surface area contributed by atoms with Crippen molar-refractivity contribution < 1.29 is 0 Å². The Morgan fingerprint density at radius 1 is 1.07 bits per heavy atom. The fraction of sp³-hybridized carbons (Fsp3) is 1.00. The van der Waals surface area contributed by atoms with Crippen molar-refractivity contribution in [2.24, 2.45) is 17.8 Å². The first-order valence-corrected chi connectivity index (χ1v) is 7.22. The van der Waals surface area contributed by atoms with Gasteiger partial charge in [-0.25, -0.2) is 0 Å². The van der Waals surface area contributed by atoms with E-state index in [0.717, 1.165) is 17.8 Å². The maximum Gasteiger partial charge on any atom is -0.0409 e. The normalized spacial score (nSPS) is 20.8. The van der Waals surface area contributed by atoms with E-state index in [2.05, 4.69) is 20.8 Å². The molecule has 0 aromatic heterocycles. The van der Waals surface area contributed by atoms with Gasteiger partial charge in [0.15, 0.2) is 0 Å². The molecule has 0 N–H and O–H groups in total. The van der Waals surface area contributed by atoms with Crippen LogP contribution in [0.3, 0.4) is 0 Å². The zero-order chi connectivity index (χ0) is 11.1. The van der Waals surface area contributed by atoms with Gasteiger partial charge in [0.25, 0.3) is 0 Å². The molecule has 0 radical (unpaired) electrons. The summed E-state index contributed by atoms with van der Waals surface area (Å²) in [6.45, 7) is 7.10. The van der Waals surface area contributed by atoms with Gasteiger partial charge in [-0.2, -0.15) is 0 Å². The smallest absolute Gasteiger partial charge is 0.0409 e. The fourth-order valence-electron chi connectivity index (χ4n) is 3.30. The van der Waals surface area contributed by atoms with Gasteiger partial charge in [0.05, 0.1) is 0 Å². The zero-order valence-electron chi connectivity index (χ0n) is 11.1. The molecule has 0 nitrogen and oxygen atoms in total. The molecule has 1 rings (SSSR count).